The van der Waals surface area contributed by atoms with Crippen LogP contribution < -0.4 is 5.32 Å². The maximum atomic E-state index is 11.7. The van der Waals surface area contributed by atoms with Gasteiger partial charge in [-0.05, 0) is 6.07 Å². The molecule has 0 atom stereocenters. The molecule has 1 heterocycles. The van der Waals surface area contributed by atoms with Gasteiger partial charge >= 0.3 is 0 Å². The smallest absolute Gasteiger partial charge is 0.271 e. The van der Waals surface area contributed by atoms with Crippen molar-refractivity contribution < 1.29 is 14.8 Å². The first-order valence-corrected chi connectivity index (χ1v) is 5.63. The molecule has 0 spiro atoms. The zero-order chi connectivity index (χ0) is 13.1. The summed E-state index contributed by atoms with van der Waals surface area (Å²) in [5.41, 5.74) is 1.26. The number of aromatic hydroxyl groups is 1. The number of phenols is 1. The highest BCUT2D eigenvalue weighted by Crippen LogP contribution is 2.28. The van der Waals surface area contributed by atoms with Gasteiger partial charge in [0, 0.05) is 12.1 Å². The fourth-order valence-corrected chi connectivity index (χ4v) is 1.76. The molecule has 0 radical (unpaired) electrons. The van der Waals surface area contributed by atoms with Gasteiger partial charge in [0.2, 0.25) is 0 Å². The lowest BCUT2D eigenvalue weighted by molar-refractivity contribution is -0.384. The van der Waals surface area contributed by atoms with Crippen molar-refractivity contribution in [2.45, 2.75) is 0 Å². The van der Waals surface area contributed by atoms with E-state index in [0.29, 0.717) is 4.88 Å². The molecule has 8 heteroatoms. The van der Waals surface area contributed by atoms with E-state index in [4.69, 9.17) is 0 Å². The molecule has 0 saturated carbocycles. The van der Waals surface area contributed by atoms with Gasteiger partial charge in [-0.25, -0.2) is 0 Å². The van der Waals surface area contributed by atoms with Crippen molar-refractivity contribution >= 4 is 28.6 Å². The highest BCUT2D eigenvalue weighted by molar-refractivity contribution is 7.11. The van der Waals surface area contributed by atoms with Crippen LogP contribution in [-0.2, 0) is 0 Å². The Balaban J connectivity index is 2.26. The van der Waals surface area contributed by atoms with Crippen LogP contribution in [0, 0.1) is 10.1 Å². The number of carbonyl (C=O) groups excluding carboxylic acids is 1. The predicted octanol–water partition coefficient (Wildman–Crippen LogP) is 2.01. The second-order valence-corrected chi connectivity index (χ2v) is 4.16. The molecule has 1 amide bonds. The summed E-state index contributed by atoms with van der Waals surface area (Å²) in [6, 6.07) is 3.40. The van der Waals surface area contributed by atoms with Crippen molar-refractivity contribution in [3.8, 4) is 5.75 Å². The number of nitrogens with zero attached hydrogens (tertiary/aromatic N) is 2. The number of aromatic nitrogens is 1. The third-order valence-corrected chi connectivity index (χ3v) is 2.87. The van der Waals surface area contributed by atoms with Crippen LogP contribution in [0.25, 0.3) is 0 Å². The number of rotatable bonds is 3. The molecule has 18 heavy (non-hydrogen) atoms. The lowest BCUT2D eigenvalue weighted by atomic mass is 10.2. The molecule has 2 aromatic rings. The second-order valence-electron chi connectivity index (χ2n) is 3.28. The first-order valence-electron chi connectivity index (χ1n) is 4.75. The summed E-state index contributed by atoms with van der Waals surface area (Å²) in [4.78, 5) is 25.7. The molecule has 2 rings (SSSR count). The number of nitro groups is 1. The zero-order valence-electron chi connectivity index (χ0n) is 8.86. The first kappa shape index (κ1) is 12.0. The number of phenolic OH excluding ortho intramolecular Hbond substituents is 1. The fourth-order valence-electron chi connectivity index (χ4n) is 1.25. The first-order chi connectivity index (χ1) is 8.58. The number of hydrogen-bond acceptors (Lipinski definition) is 6. The maximum Gasteiger partial charge on any atom is 0.271 e. The largest absolute Gasteiger partial charge is 0.506 e. The van der Waals surface area contributed by atoms with Crippen LogP contribution in [0.1, 0.15) is 9.67 Å². The van der Waals surface area contributed by atoms with E-state index in [1.54, 1.807) is 0 Å². The average molecular weight is 265 g/mol. The summed E-state index contributed by atoms with van der Waals surface area (Å²) in [7, 11) is 0. The lowest BCUT2D eigenvalue weighted by Gasteiger charge is -2.05. The second kappa shape index (κ2) is 4.80. The molecule has 2 N–H and O–H groups in total. The van der Waals surface area contributed by atoms with E-state index < -0.39 is 10.8 Å². The van der Waals surface area contributed by atoms with Crippen LogP contribution in [0.5, 0.6) is 5.75 Å². The molecular formula is C10H7N3O4S. The van der Waals surface area contributed by atoms with Crippen LogP contribution in [-0.4, -0.2) is 20.9 Å². The van der Waals surface area contributed by atoms with E-state index in [-0.39, 0.29) is 17.1 Å². The van der Waals surface area contributed by atoms with E-state index in [1.807, 2.05) is 0 Å². The van der Waals surface area contributed by atoms with Crippen molar-refractivity contribution in [3.63, 3.8) is 0 Å². The summed E-state index contributed by atoms with van der Waals surface area (Å²) in [5.74, 6) is -0.716. The van der Waals surface area contributed by atoms with Gasteiger partial charge in [-0.2, -0.15) is 0 Å². The summed E-state index contributed by atoms with van der Waals surface area (Å²) in [5, 5.41) is 22.5. The van der Waals surface area contributed by atoms with E-state index >= 15 is 0 Å². The standard InChI is InChI=1S/C10H7N3O4S/c14-8-2-1-6(13(16)17)3-7(8)12-10(15)9-4-11-5-18-9/h1-5,14H,(H,12,15). The molecule has 7 nitrogen and oxygen atoms in total. The van der Waals surface area contributed by atoms with Crippen molar-refractivity contribution in [3.05, 3.63) is 44.9 Å². The Kier molecular flexibility index (Phi) is 3.20. The molecule has 0 unspecified atom stereocenters. The van der Waals surface area contributed by atoms with Gasteiger partial charge in [0.05, 0.1) is 22.3 Å². The number of nitro benzene ring substituents is 1. The zero-order valence-corrected chi connectivity index (χ0v) is 9.68. The Morgan fingerprint density at radius 3 is 2.89 bits per heavy atom. The number of benzene rings is 1. The Labute approximate surface area is 105 Å². The van der Waals surface area contributed by atoms with Crippen LogP contribution in [0.3, 0.4) is 0 Å². The van der Waals surface area contributed by atoms with Gasteiger partial charge in [0.1, 0.15) is 10.6 Å². The molecule has 92 valence electrons. The Morgan fingerprint density at radius 2 is 2.28 bits per heavy atom. The van der Waals surface area contributed by atoms with Gasteiger partial charge in [-0.15, -0.1) is 11.3 Å². The number of anilines is 1. The SMILES string of the molecule is O=C(Nc1cc([N+](=O)[O-])ccc1O)c1cncs1. The highest BCUT2D eigenvalue weighted by Gasteiger charge is 2.14. The number of nitrogens with one attached hydrogen (secondary N) is 1. The normalized spacial score (nSPS) is 10.0. The quantitative estimate of drug-likeness (QED) is 0.501. The van der Waals surface area contributed by atoms with Crippen molar-refractivity contribution in [1.82, 2.24) is 4.98 Å². The number of non-ortho nitro benzene ring substituents is 1. The fraction of sp³-hybridized carbons (Fsp3) is 0. The molecule has 0 fully saturated rings. The topological polar surface area (TPSA) is 105 Å². The van der Waals surface area contributed by atoms with Crippen molar-refractivity contribution in [2.75, 3.05) is 5.32 Å². The minimum absolute atomic E-state index is 0.0115. The number of thiazole rings is 1. The van der Waals surface area contributed by atoms with Crippen molar-refractivity contribution in [2.24, 2.45) is 0 Å². The van der Waals surface area contributed by atoms with Gasteiger partial charge in [-0.3, -0.25) is 19.9 Å². The molecule has 0 bridgehead atoms. The summed E-state index contributed by atoms with van der Waals surface area (Å²) in [6.07, 6.45) is 1.37. The summed E-state index contributed by atoms with van der Waals surface area (Å²) < 4.78 is 0. The maximum absolute atomic E-state index is 11.7. The van der Waals surface area contributed by atoms with Crippen LogP contribution >= 0.6 is 11.3 Å². The van der Waals surface area contributed by atoms with E-state index in [0.717, 1.165) is 29.5 Å². The lowest BCUT2D eigenvalue weighted by Crippen LogP contribution is -2.10. The number of carbonyl (C=O) groups is 1. The Hall–Kier alpha value is -2.48. The van der Waals surface area contributed by atoms with E-state index in [9.17, 15) is 20.0 Å². The van der Waals surface area contributed by atoms with Gasteiger partial charge in [0.15, 0.2) is 0 Å². The molecule has 0 aliphatic carbocycles. The van der Waals surface area contributed by atoms with Crippen molar-refractivity contribution in [1.29, 1.82) is 0 Å². The van der Waals surface area contributed by atoms with Gasteiger partial charge in [0.25, 0.3) is 11.6 Å². The van der Waals surface area contributed by atoms with Crippen LogP contribution in [0.2, 0.25) is 0 Å². The van der Waals surface area contributed by atoms with Gasteiger partial charge in [-0.1, -0.05) is 0 Å². The molecule has 0 saturated heterocycles. The van der Waals surface area contributed by atoms with E-state index in [1.165, 1.54) is 11.7 Å². The van der Waals surface area contributed by atoms with Crippen LogP contribution in [0.15, 0.2) is 29.9 Å². The van der Waals surface area contributed by atoms with Gasteiger partial charge < -0.3 is 10.4 Å². The number of amides is 1. The number of hydrogen-bond donors (Lipinski definition) is 2. The summed E-state index contributed by atoms with van der Waals surface area (Å²) in [6.45, 7) is 0. The minimum Gasteiger partial charge on any atom is -0.506 e. The average Bonchev–Trinajstić information content (AvgIpc) is 2.85. The summed E-state index contributed by atoms with van der Waals surface area (Å²) >= 11 is 1.13. The van der Waals surface area contributed by atoms with Crippen LogP contribution in [0.4, 0.5) is 11.4 Å². The third-order valence-electron chi connectivity index (χ3n) is 2.10. The molecule has 1 aromatic carbocycles. The van der Waals surface area contributed by atoms with E-state index in [2.05, 4.69) is 10.3 Å². The Bertz CT molecular complexity index is 597. The molecule has 1 aromatic heterocycles. The molecular weight excluding hydrogens is 258 g/mol. The predicted molar refractivity (Wildman–Crippen MR) is 64.8 cm³/mol. The molecule has 0 aliphatic rings. The Morgan fingerprint density at radius 1 is 1.50 bits per heavy atom. The highest BCUT2D eigenvalue weighted by atomic mass is 32.1. The monoisotopic (exact) mass is 265 g/mol. The third kappa shape index (κ3) is 2.43. The molecule has 0 aliphatic heterocycles. The minimum atomic E-state index is -0.609.